The van der Waals surface area contributed by atoms with Crippen molar-refractivity contribution in [2.75, 3.05) is 5.32 Å². The summed E-state index contributed by atoms with van der Waals surface area (Å²) in [6.45, 7) is 0.739. The van der Waals surface area contributed by atoms with Crippen molar-refractivity contribution in [2.45, 2.75) is 20.5 Å². The number of halogens is 2. The fourth-order valence-corrected chi connectivity index (χ4v) is 3.11. The Bertz CT molecular complexity index is 1220. The Morgan fingerprint density at radius 2 is 1.80 bits per heavy atom. The van der Waals surface area contributed by atoms with Gasteiger partial charge in [0, 0.05) is 11.8 Å². The maximum Gasteiger partial charge on any atom is 0.387 e. The molecule has 6 nitrogen and oxygen atoms in total. The molecule has 2 aromatic heterocycles. The Morgan fingerprint density at radius 1 is 1.07 bits per heavy atom. The van der Waals surface area contributed by atoms with Crippen LogP contribution in [0.2, 0.25) is 0 Å². The van der Waals surface area contributed by atoms with Crippen LogP contribution in [0.3, 0.4) is 0 Å². The third kappa shape index (κ3) is 3.84. The number of hydrogen-bond acceptors (Lipinski definition) is 4. The molecule has 30 heavy (non-hydrogen) atoms. The van der Waals surface area contributed by atoms with Gasteiger partial charge in [-0.05, 0) is 37.6 Å². The van der Waals surface area contributed by atoms with Crippen molar-refractivity contribution in [3.8, 4) is 17.0 Å². The van der Waals surface area contributed by atoms with Crippen molar-refractivity contribution < 1.29 is 18.3 Å². The summed E-state index contributed by atoms with van der Waals surface area (Å²) >= 11 is 0. The summed E-state index contributed by atoms with van der Waals surface area (Å²) in [5.74, 6) is -0.635. The summed E-state index contributed by atoms with van der Waals surface area (Å²) in [5.41, 5.74) is 4.26. The van der Waals surface area contributed by atoms with Crippen LogP contribution in [-0.4, -0.2) is 27.1 Å². The minimum Gasteiger partial charge on any atom is -0.433 e. The number of alkyl halides is 2. The van der Waals surface area contributed by atoms with Gasteiger partial charge in [-0.15, -0.1) is 0 Å². The fraction of sp³-hybridized carbons (Fsp3) is 0.136. The predicted molar refractivity (Wildman–Crippen MR) is 109 cm³/mol. The molecule has 0 bridgehead atoms. The van der Waals surface area contributed by atoms with Crippen molar-refractivity contribution in [1.29, 1.82) is 0 Å². The lowest BCUT2D eigenvalue weighted by molar-refractivity contribution is -0.0494. The highest BCUT2D eigenvalue weighted by Crippen LogP contribution is 2.28. The zero-order valence-corrected chi connectivity index (χ0v) is 16.3. The zero-order chi connectivity index (χ0) is 21.3. The SMILES string of the molecule is Cc1ccc(-c2ccnc3c(C(=O)Nc4ccc(C)cc4OC(F)F)cnn23)cc1. The summed E-state index contributed by atoms with van der Waals surface area (Å²) in [5, 5.41) is 6.92. The Hall–Kier alpha value is -3.81. The molecule has 0 spiro atoms. The quantitative estimate of drug-likeness (QED) is 0.512. The maximum atomic E-state index is 12.9. The normalized spacial score (nSPS) is 11.1. The van der Waals surface area contributed by atoms with E-state index in [1.165, 1.54) is 18.3 Å². The second-order valence-electron chi connectivity index (χ2n) is 6.82. The minimum atomic E-state index is -3.00. The van der Waals surface area contributed by atoms with Gasteiger partial charge in [0.05, 0.1) is 17.6 Å². The molecule has 2 aromatic carbocycles. The molecule has 8 heteroatoms. The summed E-state index contributed by atoms with van der Waals surface area (Å²) in [4.78, 5) is 17.1. The monoisotopic (exact) mass is 408 g/mol. The Kier molecular flexibility index (Phi) is 5.14. The molecule has 0 atom stereocenters. The van der Waals surface area contributed by atoms with Gasteiger partial charge >= 0.3 is 6.61 Å². The number of fused-ring (bicyclic) bond motifs is 1. The highest BCUT2D eigenvalue weighted by molar-refractivity contribution is 6.08. The van der Waals surface area contributed by atoms with Gasteiger partial charge in [0.1, 0.15) is 11.3 Å². The largest absolute Gasteiger partial charge is 0.433 e. The smallest absolute Gasteiger partial charge is 0.387 e. The number of hydrogen-bond donors (Lipinski definition) is 1. The standard InChI is InChI=1S/C22H18F2N4O2/c1-13-3-6-15(7-4-13)18-9-10-25-20-16(12-26-28(18)20)21(29)27-17-8-5-14(2)11-19(17)30-22(23)24/h3-12,22H,1-2H3,(H,27,29). The summed E-state index contributed by atoms with van der Waals surface area (Å²) < 4.78 is 31.6. The highest BCUT2D eigenvalue weighted by Gasteiger charge is 2.19. The van der Waals surface area contributed by atoms with E-state index in [1.807, 2.05) is 31.2 Å². The molecule has 4 rings (SSSR count). The molecule has 0 saturated heterocycles. The topological polar surface area (TPSA) is 68.5 Å². The van der Waals surface area contributed by atoms with E-state index in [0.29, 0.717) is 5.65 Å². The van der Waals surface area contributed by atoms with Gasteiger partial charge in [-0.25, -0.2) is 9.50 Å². The molecule has 152 valence electrons. The molecule has 0 aliphatic rings. The first-order valence-electron chi connectivity index (χ1n) is 9.19. The number of aryl methyl sites for hydroxylation is 2. The molecule has 0 saturated carbocycles. The molecular weight excluding hydrogens is 390 g/mol. The van der Waals surface area contributed by atoms with E-state index in [9.17, 15) is 13.6 Å². The van der Waals surface area contributed by atoms with Gasteiger partial charge in [0.2, 0.25) is 0 Å². The van der Waals surface area contributed by atoms with Crippen LogP contribution in [0, 0.1) is 13.8 Å². The average Bonchev–Trinajstić information content (AvgIpc) is 3.14. The number of anilines is 1. The number of carbonyl (C=O) groups is 1. The Labute approximate surface area is 171 Å². The van der Waals surface area contributed by atoms with E-state index >= 15 is 0 Å². The van der Waals surface area contributed by atoms with E-state index < -0.39 is 12.5 Å². The Balaban J connectivity index is 1.69. The van der Waals surface area contributed by atoms with Crippen molar-refractivity contribution >= 4 is 17.2 Å². The molecule has 0 aliphatic heterocycles. The molecule has 0 fully saturated rings. The minimum absolute atomic E-state index is 0.108. The molecule has 1 N–H and O–H groups in total. The van der Waals surface area contributed by atoms with Crippen molar-refractivity contribution in [3.05, 3.63) is 77.6 Å². The number of nitrogens with zero attached hydrogens (tertiary/aromatic N) is 3. The van der Waals surface area contributed by atoms with Crippen LogP contribution in [0.25, 0.3) is 16.9 Å². The first kappa shape index (κ1) is 19.5. The predicted octanol–water partition coefficient (Wildman–Crippen LogP) is 4.87. The van der Waals surface area contributed by atoms with Gasteiger partial charge in [-0.2, -0.15) is 13.9 Å². The summed E-state index contributed by atoms with van der Waals surface area (Å²) in [6.07, 6.45) is 3.00. The highest BCUT2D eigenvalue weighted by atomic mass is 19.3. The van der Waals surface area contributed by atoms with Crippen molar-refractivity contribution in [1.82, 2.24) is 14.6 Å². The first-order chi connectivity index (χ1) is 14.4. The number of benzene rings is 2. The third-order valence-electron chi connectivity index (χ3n) is 4.59. The van der Waals surface area contributed by atoms with E-state index in [2.05, 4.69) is 20.1 Å². The fourth-order valence-electron chi connectivity index (χ4n) is 3.11. The third-order valence-corrected chi connectivity index (χ3v) is 4.59. The van der Waals surface area contributed by atoms with Crippen LogP contribution in [0.1, 0.15) is 21.5 Å². The molecule has 2 heterocycles. The molecule has 4 aromatic rings. The maximum absolute atomic E-state index is 12.9. The van der Waals surface area contributed by atoms with Crippen LogP contribution in [0.5, 0.6) is 5.75 Å². The summed E-state index contributed by atoms with van der Waals surface area (Å²) in [6, 6.07) is 14.4. The van der Waals surface area contributed by atoms with Crippen molar-refractivity contribution in [3.63, 3.8) is 0 Å². The van der Waals surface area contributed by atoms with Crippen LogP contribution in [-0.2, 0) is 0 Å². The van der Waals surface area contributed by atoms with Gasteiger partial charge in [0.15, 0.2) is 5.65 Å². The zero-order valence-electron chi connectivity index (χ0n) is 16.3. The Morgan fingerprint density at radius 3 is 2.53 bits per heavy atom. The second-order valence-corrected chi connectivity index (χ2v) is 6.82. The van der Waals surface area contributed by atoms with Crippen LogP contribution in [0.4, 0.5) is 14.5 Å². The number of nitrogens with one attached hydrogen (secondary N) is 1. The van der Waals surface area contributed by atoms with E-state index in [0.717, 1.165) is 22.4 Å². The van der Waals surface area contributed by atoms with E-state index in [4.69, 9.17) is 0 Å². The molecule has 0 unspecified atom stereocenters. The number of carbonyl (C=O) groups excluding carboxylic acids is 1. The van der Waals surface area contributed by atoms with Crippen LogP contribution >= 0.6 is 0 Å². The van der Waals surface area contributed by atoms with Gasteiger partial charge in [0.25, 0.3) is 5.91 Å². The number of ether oxygens (including phenoxy) is 1. The number of amides is 1. The van der Waals surface area contributed by atoms with Gasteiger partial charge in [-0.1, -0.05) is 35.9 Å². The van der Waals surface area contributed by atoms with Crippen LogP contribution < -0.4 is 10.1 Å². The molecule has 1 amide bonds. The van der Waals surface area contributed by atoms with E-state index in [1.54, 1.807) is 29.8 Å². The lowest BCUT2D eigenvalue weighted by atomic mass is 10.1. The molecular formula is C22H18F2N4O2. The van der Waals surface area contributed by atoms with E-state index in [-0.39, 0.29) is 17.0 Å². The summed E-state index contributed by atoms with van der Waals surface area (Å²) in [7, 11) is 0. The van der Waals surface area contributed by atoms with Gasteiger partial charge in [-0.3, -0.25) is 4.79 Å². The first-order valence-corrected chi connectivity index (χ1v) is 9.19. The molecule has 0 aliphatic carbocycles. The number of rotatable bonds is 5. The number of aromatic nitrogens is 3. The van der Waals surface area contributed by atoms with Crippen LogP contribution in [0.15, 0.2) is 60.9 Å². The van der Waals surface area contributed by atoms with Crippen molar-refractivity contribution in [2.24, 2.45) is 0 Å². The van der Waals surface area contributed by atoms with Gasteiger partial charge < -0.3 is 10.1 Å². The lowest BCUT2D eigenvalue weighted by Gasteiger charge is -2.12. The lowest BCUT2D eigenvalue weighted by Crippen LogP contribution is -2.14. The average molecular weight is 408 g/mol. The molecule has 0 radical (unpaired) electrons. The second kappa shape index (κ2) is 7.90.